The second kappa shape index (κ2) is 9.21. The van der Waals surface area contributed by atoms with Crippen molar-refractivity contribution in [2.45, 2.75) is 95.8 Å². The lowest BCUT2D eigenvalue weighted by molar-refractivity contribution is -0.248. The van der Waals surface area contributed by atoms with E-state index in [0.29, 0.717) is 6.42 Å². The van der Waals surface area contributed by atoms with Gasteiger partial charge in [0.2, 0.25) is 5.60 Å². The number of hydrogen-bond donors (Lipinski definition) is 1. The minimum Gasteiger partial charge on any atom is -0.467 e. The van der Waals surface area contributed by atoms with Gasteiger partial charge in [-0.25, -0.2) is 9.59 Å². The fourth-order valence-corrected chi connectivity index (χ4v) is 6.82. The quantitative estimate of drug-likeness (QED) is 0.425. The van der Waals surface area contributed by atoms with Crippen molar-refractivity contribution in [2.75, 3.05) is 14.2 Å². The molecule has 1 fully saturated rings. The first-order valence-electron chi connectivity index (χ1n) is 9.88. The van der Waals surface area contributed by atoms with E-state index >= 15 is 0 Å². The van der Waals surface area contributed by atoms with Crippen molar-refractivity contribution >= 4 is 20.3 Å². The fourth-order valence-electron chi connectivity index (χ4n) is 3.85. The van der Waals surface area contributed by atoms with E-state index in [1.807, 2.05) is 6.92 Å². The minimum atomic E-state index is -2.62. The second-order valence-corrected chi connectivity index (χ2v) is 12.5. The van der Waals surface area contributed by atoms with E-state index in [1.165, 1.54) is 21.0 Å². The Bertz CT molecular complexity index is 554. The van der Waals surface area contributed by atoms with Crippen LogP contribution in [0.3, 0.4) is 0 Å². The third-order valence-corrected chi connectivity index (χ3v) is 10.4. The van der Waals surface area contributed by atoms with E-state index < -0.39 is 37.4 Å². The molecule has 0 radical (unpaired) electrons. The van der Waals surface area contributed by atoms with Gasteiger partial charge in [-0.3, -0.25) is 0 Å². The zero-order chi connectivity index (χ0) is 21.8. The number of aliphatic hydroxyl groups is 1. The molecule has 0 saturated carbocycles. The van der Waals surface area contributed by atoms with Crippen LogP contribution in [0, 0.1) is 0 Å². The molecule has 1 N–H and O–H groups in total. The molecule has 0 aromatic carbocycles. The van der Waals surface area contributed by atoms with Crippen LogP contribution in [0.15, 0.2) is 0 Å². The number of ether oxygens (including phenoxy) is 4. The SMILES string of the molecule is CC[Si](CC)(CC)OC(C)CC[C@@]1(C(=O)OC)OC(C)(C)OC1(O)C(=O)OC. The molecule has 164 valence electrons. The molecule has 0 aromatic rings. The predicted octanol–water partition coefficient (Wildman–Crippen LogP) is 2.73. The molecular formula is C19H36O8Si. The Labute approximate surface area is 168 Å². The summed E-state index contributed by atoms with van der Waals surface area (Å²) < 4.78 is 27.2. The van der Waals surface area contributed by atoms with Gasteiger partial charge in [-0.2, -0.15) is 0 Å². The van der Waals surface area contributed by atoms with Gasteiger partial charge in [0.25, 0.3) is 0 Å². The van der Waals surface area contributed by atoms with Gasteiger partial charge in [-0.05, 0) is 51.7 Å². The second-order valence-electron chi connectivity index (χ2n) is 7.77. The maximum absolute atomic E-state index is 12.7. The van der Waals surface area contributed by atoms with Crippen molar-refractivity contribution in [3.8, 4) is 0 Å². The predicted molar refractivity (Wildman–Crippen MR) is 105 cm³/mol. The molecule has 2 unspecified atom stereocenters. The number of esters is 2. The number of rotatable bonds is 10. The maximum atomic E-state index is 12.7. The number of hydrogen-bond acceptors (Lipinski definition) is 8. The summed E-state index contributed by atoms with van der Waals surface area (Å²) in [5, 5.41) is 11.0. The Hall–Kier alpha value is -1.00. The van der Waals surface area contributed by atoms with E-state index in [4.69, 9.17) is 23.4 Å². The van der Waals surface area contributed by atoms with Crippen LogP contribution in [-0.4, -0.2) is 62.9 Å². The van der Waals surface area contributed by atoms with Gasteiger partial charge in [0.05, 0.1) is 14.2 Å². The van der Waals surface area contributed by atoms with Crippen molar-refractivity contribution < 1.29 is 38.1 Å². The highest BCUT2D eigenvalue weighted by Crippen LogP contribution is 2.47. The monoisotopic (exact) mass is 420 g/mol. The Morgan fingerprint density at radius 3 is 1.93 bits per heavy atom. The standard InChI is InChI=1S/C19H36O8Si/c1-9-28(10-2,11-3)25-14(4)12-13-18(15(20)23-7)19(22,16(21)24-8)27-17(5,6)26-18/h14,22H,9-13H2,1-8H3/t14?,18-,19?/m0/s1. The van der Waals surface area contributed by atoms with Crippen LogP contribution < -0.4 is 0 Å². The van der Waals surface area contributed by atoms with Crippen LogP contribution in [0.4, 0.5) is 0 Å². The molecule has 0 aliphatic carbocycles. The Morgan fingerprint density at radius 2 is 1.50 bits per heavy atom. The summed E-state index contributed by atoms with van der Waals surface area (Å²) in [6.07, 6.45) is 0.141. The zero-order valence-electron chi connectivity index (χ0n) is 18.4. The molecule has 1 saturated heterocycles. The summed E-state index contributed by atoms with van der Waals surface area (Å²) in [4.78, 5) is 25.1. The Balaban J connectivity index is 3.17. The first-order valence-corrected chi connectivity index (χ1v) is 12.4. The average molecular weight is 421 g/mol. The Morgan fingerprint density at radius 1 is 1.00 bits per heavy atom. The lowest BCUT2D eigenvalue weighted by Gasteiger charge is -2.36. The molecule has 8 nitrogen and oxygen atoms in total. The third kappa shape index (κ3) is 4.59. The summed E-state index contributed by atoms with van der Waals surface area (Å²) in [6, 6.07) is 2.97. The van der Waals surface area contributed by atoms with Crippen molar-refractivity contribution in [3.63, 3.8) is 0 Å². The van der Waals surface area contributed by atoms with Crippen molar-refractivity contribution in [1.82, 2.24) is 0 Å². The number of carbonyl (C=O) groups excluding carboxylic acids is 2. The molecule has 1 aliphatic rings. The van der Waals surface area contributed by atoms with Gasteiger partial charge < -0.3 is 28.5 Å². The summed E-state index contributed by atoms with van der Waals surface area (Å²) in [5.74, 6) is -6.03. The molecule has 3 atom stereocenters. The van der Waals surface area contributed by atoms with E-state index in [1.54, 1.807) is 0 Å². The minimum absolute atomic E-state index is 0.0303. The van der Waals surface area contributed by atoms with E-state index in [9.17, 15) is 14.7 Å². The summed E-state index contributed by atoms with van der Waals surface area (Å²) in [7, 11) is 0.418. The largest absolute Gasteiger partial charge is 0.467 e. The van der Waals surface area contributed by atoms with Crippen LogP contribution in [-0.2, 0) is 33.0 Å². The lowest BCUT2D eigenvalue weighted by Crippen LogP contribution is -2.62. The topological polar surface area (TPSA) is 101 Å². The maximum Gasteiger partial charge on any atom is 0.370 e. The smallest absolute Gasteiger partial charge is 0.370 e. The molecule has 0 amide bonds. The van der Waals surface area contributed by atoms with E-state index in [-0.39, 0.29) is 12.5 Å². The van der Waals surface area contributed by atoms with Crippen LogP contribution in [0.25, 0.3) is 0 Å². The van der Waals surface area contributed by atoms with Crippen LogP contribution >= 0.6 is 0 Å². The van der Waals surface area contributed by atoms with Crippen molar-refractivity contribution in [3.05, 3.63) is 0 Å². The van der Waals surface area contributed by atoms with Gasteiger partial charge in [-0.1, -0.05) is 20.8 Å². The zero-order valence-corrected chi connectivity index (χ0v) is 19.4. The third-order valence-electron chi connectivity index (χ3n) is 5.63. The molecular weight excluding hydrogens is 384 g/mol. The summed E-state index contributed by atoms with van der Waals surface area (Å²) >= 11 is 0. The number of methoxy groups -OCH3 is 2. The van der Waals surface area contributed by atoms with Gasteiger partial charge in [-0.15, -0.1) is 0 Å². The molecule has 0 bridgehead atoms. The van der Waals surface area contributed by atoms with Crippen molar-refractivity contribution in [2.24, 2.45) is 0 Å². The van der Waals surface area contributed by atoms with Crippen LogP contribution in [0.5, 0.6) is 0 Å². The van der Waals surface area contributed by atoms with Crippen LogP contribution in [0.2, 0.25) is 18.1 Å². The first kappa shape index (κ1) is 25.0. The van der Waals surface area contributed by atoms with Gasteiger partial charge in [0.1, 0.15) is 0 Å². The molecule has 0 spiro atoms. The molecule has 1 aliphatic heterocycles. The molecule has 1 heterocycles. The average Bonchev–Trinajstić information content (AvgIpc) is 2.89. The fraction of sp³-hybridized carbons (Fsp3) is 0.895. The van der Waals surface area contributed by atoms with E-state index in [2.05, 4.69) is 20.8 Å². The molecule has 9 heteroatoms. The first-order chi connectivity index (χ1) is 12.9. The molecule has 1 rings (SSSR count). The molecule has 0 aromatic heterocycles. The summed E-state index contributed by atoms with van der Waals surface area (Å²) in [6.45, 7) is 11.3. The van der Waals surface area contributed by atoms with E-state index in [0.717, 1.165) is 25.2 Å². The van der Waals surface area contributed by atoms with Crippen molar-refractivity contribution in [1.29, 1.82) is 0 Å². The van der Waals surface area contributed by atoms with Gasteiger partial charge >= 0.3 is 17.7 Å². The van der Waals surface area contributed by atoms with Crippen LogP contribution in [0.1, 0.15) is 54.4 Å². The molecule has 28 heavy (non-hydrogen) atoms. The highest BCUT2D eigenvalue weighted by molar-refractivity contribution is 6.73. The Kier molecular flexibility index (Phi) is 8.23. The highest BCUT2D eigenvalue weighted by Gasteiger charge is 2.73. The van der Waals surface area contributed by atoms with Gasteiger partial charge in [0.15, 0.2) is 14.1 Å². The highest BCUT2D eigenvalue weighted by atomic mass is 28.4. The normalized spacial score (nSPS) is 28.0. The van der Waals surface area contributed by atoms with Gasteiger partial charge in [0, 0.05) is 6.10 Å². The number of carbonyl (C=O) groups is 2. The summed E-state index contributed by atoms with van der Waals surface area (Å²) in [5.41, 5.74) is -2.05. The lowest BCUT2D eigenvalue weighted by atomic mass is 9.87.